The van der Waals surface area contributed by atoms with Crippen LogP contribution in [0.4, 0.5) is 23.1 Å². The third-order valence-electron chi connectivity index (χ3n) is 5.19. The molecule has 2 N–H and O–H groups in total. The number of benzene rings is 1. The Bertz CT molecular complexity index is 1180. The second kappa shape index (κ2) is 9.39. The van der Waals surface area contributed by atoms with Gasteiger partial charge in [0.25, 0.3) is 5.91 Å². The summed E-state index contributed by atoms with van der Waals surface area (Å²) in [6.07, 6.45) is -2.39. The van der Waals surface area contributed by atoms with Crippen LogP contribution in [-0.4, -0.2) is 44.7 Å². The number of aliphatic hydroxyl groups is 1. The number of urea groups is 1. The molecule has 1 aliphatic rings. The Morgan fingerprint density at radius 1 is 1.24 bits per heavy atom. The van der Waals surface area contributed by atoms with Gasteiger partial charge in [0.05, 0.1) is 17.8 Å². The highest BCUT2D eigenvalue weighted by molar-refractivity contribution is 7.17. The van der Waals surface area contributed by atoms with E-state index in [1.165, 1.54) is 17.0 Å². The molecule has 1 atom stereocenters. The van der Waals surface area contributed by atoms with Gasteiger partial charge in [0, 0.05) is 25.5 Å². The average Bonchev–Trinajstić information content (AvgIpc) is 3.31. The minimum atomic E-state index is -4.44. The number of carbonyl (C=O) groups excluding carboxylic acids is 2. The van der Waals surface area contributed by atoms with Gasteiger partial charge in [-0.25, -0.2) is 14.7 Å². The summed E-state index contributed by atoms with van der Waals surface area (Å²) in [4.78, 5) is 36.5. The Hall–Kier alpha value is -3.51. The molecule has 12 heteroatoms. The number of aliphatic hydroxyl groups excluding tert-OH is 1. The van der Waals surface area contributed by atoms with Crippen LogP contribution in [0.3, 0.4) is 0 Å². The van der Waals surface area contributed by atoms with Crippen molar-refractivity contribution in [2.45, 2.75) is 32.4 Å². The maximum Gasteiger partial charge on any atom is 0.416 e. The number of thiazole rings is 1. The van der Waals surface area contributed by atoms with E-state index in [2.05, 4.69) is 15.3 Å². The van der Waals surface area contributed by atoms with E-state index in [1.54, 1.807) is 25.4 Å². The monoisotopic (exact) mass is 491 g/mol. The lowest BCUT2D eigenvalue weighted by Gasteiger charge is -2.17. The number of aromatic nitrogens is 2. The molecule has 0 saturated carbocycles. The number of rotatable bonds is 6. The number of amides is 3. The van der Waals surface area contributed by atoms with Gasteiger partial charge in [0.1, 0.15) is 4.88 Å². The summed E-state index contributed by atoms with van der Waals surface area (Å²) < 4.78 is 38.3. The molecule has 1 unspecified atom stereocenters. The Morgan fingerprint density at radius 2 is 1.97 bits per heavy atom. The Morgan fingerprint density at radius 3 is 2.62 bits per heavy atom. The predicted molar refractivity (Wildman–Crippen MR) is 118 cm³/mol. The summed E-state index contributed by atoms with van der Waals surface area (Å²) in [6.45, 7) is 1.87. The number of nitrogens with one attached hydrogen (secondary N) is 1. The number of hydrogen-bond donors (Lipinski definition) is 2. The number of β-amino-alcohol motifs (C(OH)–C–C–N with tert-alkyl or cyclic N) is 1. The third-order valence-corrected chi connectivity index (χ3v) is 6.34. The molecule has 3 amide bonds. The first-order chi connectivity index (χ1) is 16.1. The van der Waals surface area contributed by atoms with Gasteiger partial charge in [-0.05, 0) is 36.2 Å². The number of carbonyl (C=O) groups is 2. The van der Waals surface area contributed by atoms with Crippen LogP contribution in [0.5, 0.6) is 0 Å². The highest BCUT2D eigenvalue weighted by Gasteiger charge is 2.39. The molecular formula is C22H20F3N5O3S. The van der Waals surface area contributed by atoms with Crippen LogP contribution in [0, 0.1) is 6.92 Å². The summed E-state index contributed by atoms with van der Waals surface area (Å²) in [5.74, 6) is -0.368. The van der Waals surface area contributed by atoms with Crippen molar-refractivity contribution in [1.29, 1.82) is 0 Å². The molecular weight excluding hydrogens is 471 g/mol. The molecule has 0 radical (unpaired) electrons. The van der Waals surface area contributed by atoms with Crippen LogP contribution < -0.4 is 10.2 Å². The zero-order valence-corrected chi connectivity index (χ0v) is 18.7. The quantitative estimate of drug-likeness (QED) is 0.550. The summed E-state index contributed by atoms with van der Waals surface area (Å²) in [5, 5.41) is 13.4. The molecule has 1 aliphatic heterocycles. The van der Waals surface area contributed by atoms with E-state index in [0.29, 0.717) is 16.1 Å². The summed E-state index contributed by atoms with van der Waals surface area (Å²) >= 11 is 0.975. The second-order valence-electron chi connectivity index (χ2n) is 7.66. The van der Waals surface area contributed by atoms with E-state index in [-0.39, 0.29) is 30.7 Å². The van der Waals surface area contributed by atoms with Gasteiger partial charge in [-0.2, -0.15) is 13.2 Å². The molecule has 1 saturated heterocycles. The largest absolute Gasteiger partial charge is 0.416 e. The number of aryl methyl sites for hydroxylation is 1. The van der Waals surface area contributed by atoms with Crippen LogP contribution in [0.1, 0.15) is 32.1 Å². The molecule has 3 heterocycles. The zero-order chi connectivity index (χ0) is 24.5. The van der Waals surface area contributed by atoms with Crippen molar-refractivity contribution in [3.63, 3.8) is 0 Å². The number of halogens is 3. The maximum absolute atomic E-state index is 12.9. The SMILES string of the molecule is Cc1nc(N2C(=O)N(Cc3ccc(C(F)(F)F)cc3)CC2O)sc1C(=O)NCc1cccnc1. The molecule has 1 fully saturated rings. The Balaban J connectivity index is 1.44. The molecule has 2 aromatic heterocycles. The van der Waals surface area contributed by atoms with Crippen molar-refractivity contribution in [1.82, 2.24) is 20.2 Å². The topological polar surface area (TPSA) is 98.7 Å². The van der Waals surface area contributed by atoms with E-state index >= 15 is 0 Å². The lowest BCUT2D eigenvalue weighted by Crippen LogP contribution is -2.34. The fourth-order valence-electron chi connectivity index (χ4n) is 3.46. The van der Waals surface area contributed by atoms with Crippen LogP contribution in [0.2, 0.25) is 0 Å². The van der Waals surface area contributed by atoms with Crippen molar-refractivity contribution in [3.05, 3.63) is 76.1 Å². The predicted octanol–water partition coefficient (Wildman–Crippen LogP) is 3.56. The highest BCUT2D eigenvalue weighted by Crippen LogP contribution is 2.32. The van der Waals surface area contributed by atoms with Crippen molar-refractivity contribution >= 4 is 28.4 Å². The normalized spacial score (nSPS) is 16.3. The van der Waals surface area contributed by atoms with Crippen LogP contribution in [0.15, 0.2) is 48.8 Å². The molecule has 0 bridgehead atoms. The number of anilines is 1. The fraction of sp³-hybridized carbons (Fsp3) is 0.273. The minimum absolute atomic E-state index is 0.0212. The van der Waals surface area contributed by atoms with Crippen molar-refractivity contribution < 1.29 is 27.9 Å². The van der Waals surface area contributed by atoms with Crippen LogP contribution >= 0.6 is 11.3 Å². The molecule has 178 valence electrons. The molecule has 34 heavy (non-hydrogen) atoms. The van der Waals surface area contributed by atoms with E-state index in [4.69, 9.17) is 0 Å². The van der Waals surface area contributed by atoms with Crippen LogP contribution in [-0.2, 0) is 19.3 Å². The Kier molecular flexibility index (Phi) is 6.53. The number of nitrogens with zero attached hydrogens (tertiary/aromatic N) is 4. The summed E-state index contributed by atoms with van der Waals surface area (Å²) in [7, 11) is 0. The van der Waals surface area contributed by atoms with Gasteiger partial charge in [-0.1, -0.05) is 29.5 Å². The van der Waals surface area contributed by atoms with Gasteiger partial charge in [-0.3, -0.25) is 9.78 Å². The standard InChI is InChI=1S/C22H20F3N5O3S/c1-13-18(19(32)27-10-15-3-2-8-26-9-15)34-20(28-13)30-17(31)12-29(21(30)33)11-14-4-6-16(7-5-14)22(23,24)25/h2-9,17,31H,10-12H2,1H3,(H,27,32). The van der Waals surface area contributed by atoms with Crippen molar-refractivity contribution in [2.24, 2.45) is 0 Å². The Labute approximate surface area is 196 Å². The molecule has 3 aromatic rings. The van der Waals surface area contributed by atoms with Crippen molar-refractivity contribution in [2.75, 3.05) is 11.4 Å². The van der Waals surface area contributed by atoms with E-state index in [1.807, 2.05) is 6.07 Å². The van der Waals surface area contributed by atoms with Gasteiger partial charge in [0.2, 0.25) is 0 Å². The number of hydrogen-bond acceptors (Lipinski definition) is 6. The fourth-order valence-corrected chi connectivity index (χ4v) is 4.48. The maximum atomic E-state index is 12.9. The lowest BCUT2D eigenvalue weighted by molar-refractivity contribution is -0.137. The van der Waals surface area contributed by atoms with Gasteiger partial charge < -0.3 is 15.3 Å². The smallest absolute Gasteiger partial charge is 0.371 e. The molecule has 1 aromatic carbocycles. The first kappa shape index (κ1) is 23.6. The summed E-state index contributed by atoms with van der Waals surface area (Å²) in [5.41, 5.74) is 0.937. The molecule has 0 spiro atoms. The molecule has 0 aliphatic carbocycles. The van der Waals surface area contributed by atoms with Gasteiger partial charge in [-0.15, -0.1) is 0 Å². The van der Waals surface area contributed by atoms with Gasteiger partial charge in [0.15, 0.2) is 11.4 Å². The van der Waals surface area contributed by atoms with E-state index in [0.717, 1.165) is 33.9 Å². The van der Waals surface area contributed by atoms with E-state index in [9.17, 15) is 27.9 Å². The van der Waals surface area contributed by atoms with E-state index < -0.39 is 24.0 Å². The van der Waals surface area contributed by atoms with Crippen molar-refractivity contribution in [3.8, 4) is 0 Å². The van der Waals surface area contributed by atoms with Crippen LogP contribution in [0.25, 0.3) is 0 Å². The number of alkyl halides is 3. The first-order valence-electron chi connectivity index (χ1n) is 10.2. The van der Waals surface area contributed by atoms with Gasteiger partial charge >= 0.3 is 12.2 Å². The second-order valence-corrected chi connectivity index (χ2v) is 8.64. The average molecular weight is 491 g/mol. The minimum Gasteiger partial charge on any atom is -0.371 e. The molecule has 4 rings (SSSR count). The highest BCUT2D eigenvalue weighted by atomic mass is 32.1. The zero-order valence-electron chi connectivity index (χ0n) is 17.9. The number of pyridine rings is 1. The summed E-state index contributed by atoms with van der Waals surface area (Å²) in [6, 6.07) is 7.52. The lowest BCUT2D eigenvalue weighted by atomic mass is 10.1. The first-order valence-corrected chi connectivity index (χ1v) is 11.0. The molecule has 8 nitrogen and oxygen atoms in total. The third kappa shape index (κ3) is 5.02.